The van der Waals surface area contributed by atoms with Gasteiger partial charge in [-0.05, 0) is 43.2 Å². The first-order valence-corrected chi connectivity index (χ1v) is 11.3. The molecular weight excluding hydrogens is 475 g/mol. The maximum atomic E-state index is 12.9. The van der Waals surface area contributed by atoms with Gasteiger partial charge in [0, 0.05) is 29.2 Å². The van der Waals surface area contributed by atoms with Crippen LogP contribution in [0.4, 0.5) is 5.69 Å². The summed E-state index contributed by atoms with van der Waals surface area (Å²) < 4.78 is 28.0. The summed E-state index contributed by atoms with van der Waals surface area (Å²) >= 11 is 15.5. The molecule has 3 rings (SSSR count). The van der Waals surface area contributed by atoms with Crippen LogP contribution in [0.15, 0.2) is 51.8 Å². The van der Waals surface area contributed by atoms with E-state index in [1.54, 1.807) is 6.07 Å². The minimum atomic E-state index is -3.81. The number of anilines is 1. The SMILES string of the molecule is O=C(Nc1cccc(Br)c1)C1CCN(S(=O)(=O)c2c(Cl)cccc2Cl)CC1. The van der Waals surface area contributed by atoms with Crippen LogP contribution in [0, 0.1) is 5.92 Å². The van der Waals surface area contributed by atoms with Gasteiger partial charge in [0.25, 0.3) is 0 Å². The fourth-order valence-electron chi connectivity index (χ4n) is 3.03. The number of amides is 1. The third kappa shape index (κ3) is 4.66. The van der Waals surface area contributed by atoms with Crippen molar-refractivity contribution < 1.29 is 13.2 Å². The van der Waals surface area contributed by atoms with Crippen molar-refractivity contribution in [2.24, 2.45) is 5.92 Å². The number of carbonyl (C=O) groups excluding carboxylic acids is 1. The van der Waals surface area contributed by atoms with E-state index in [0.29, 0.717) is 18.5 Å². The van der Waals surface area contributed by atoms with Gasteiger partial charge in [0.05, 0.1) is 10.0 Å². The molecule has 0 unspecified atom stereocenters. The number of hydrogen-bond acceptors (Lipinski definition) is 3. The van der Waals surface area contributed by atoms with E-state index in [9.17, 15) is 13.2 Å². The van der Waals surface area contributed by atoms with Crippen molar-refractivity contribution in [1.82, 2.24) is 4.31 Å². The van der Waals surface area contributed by atoms with E-state index in [0.717, 1.165) is 4.47 Å². The van der Waals surface area contributed by atoms with Gasteiger partial charge in [0.15, 0.2) is 0 Å². The third-order valence-electron chi connectivity index (χ3n) is 4.43. The quantitative estimate of drug-likeness (QED) is 0.668. The fourth-order valence-corrected chi connectivity index (χ4v) is 5.99. The Hall–Kier alpha value is -1.12. The van der Waals surface area contributed by atoms with Crippen LogP contribution >= 0.6 is 39.1 Å². The number of benzene rings is 2. The van der Waals surface area contributed by atoms with Gasteiger partial charge in [-0.2, -0.15) is 4.31 Å². The monoisotopic (exact) mass is 490 g/mol. The summed E-state index contributed by atoms with van der Waals surface area (Å²) in [5, 5.41) is 3.07. The van der Waals surface area contributed by atoms with Gasteiger partial charge >= 0.3 is 0 Å². The van der Waals surface area contributed by atoms with Crippen LogP contribution in [0.1, 0.15) is 12.8 Å². The molecule has 1 saturated heterocycles. The van der Waals surface area contributed by atoms with Gasteiger partial charge in [-0.25, -0.2) is 8.42 Å². The lowest BCUT2D eigenvalue weighted by molar-refractivity contribution is -0.120. The van der Waals surface area contributed by atoms with Gasteiger partial charge in [-0.15, -0.1) is 0 Å². The summed E-state index contributed by atoms with van der Waals surface area (Å²) in [6, 6.07) is 11.9. The highest BCUT2D eigenvalue weighted by molar-refractivity contribution is 9.10. The topological polar surface area (TPSA) is 66.5 Å². The maximum Gasteiger partial charge on any atom is 0.246 e. The second-order valence-corrected chi connectivity index (χ2v) is 9.83. The molecule has 0 spiro atoms. The van der Waals surface area contributed by atoms with Gasteiger partial charge < -0.3 is 5.32 Å². The first kappa shape index (κ1) is 20.6. The summed E-state index contributed by atoms with van der Waals surface area (Å²) in [5.41, 5.74) is 0.701. The number of sulfonamides is 1. The molecule has 0 saturated carbocycles. The van der Waals surface area contributed by atoms with Crippen LogP contribution in [0.3, 0.4) is 0 Å². The average Bonchev–Trinajstić information content (AvgIpc) is 2.61. The largest absolute Gasteiger partial charge is 0.326 e. The van der Waals surface area contributed by atoms with Gasteiger partial charge in [0.2, 0.25) is 15.9 Å². The number of nitrogens with one attached hydrogen (secondary N) is 1. The number of hydrogen-bond donors (Lipinski definition) is 1. The predicted octanol–water partition coefficient (Wildman–Crippen LogP) is 4.80. The van der Waals surface area contributed by atoms with E-state index < -0.39 is 10.0 Å². The maximum absolute atomic E-state index is 12.9. The molecule has 0 radical (unpaired) electrons. The Morgan fingerprint density at radius 2 is 1.67 bits per heavy atom. The molecule has 1 aliphatic rings. The zero-order valence-electron chi connectivity index (χ0n) is 14.2. The third-order valence-corrected chi connectivity index (χ3v) is 7.78. The standard InChI is InChI=1S/C18H17BrCl2N2O3S/c19-13-3-1-4-14(11-13)22-18(24)12-7-9-23(10-8-12)27(25,26)17-15(20)5-2-6-16(17)21/h1-6,11-12H,7-10H2,(H,22,24). The highest BCUT2D eigenvalue weighted by Crippen LogP contribution is 2.33. The summed E-state index contributed by atoms with van der Waals surface area (Å²) in [7, 11) is -3.81. The van der Waals surface area contributed by atoms with Crippen molar-refractivity contribution in [3.8, 4) is 0 Å². The van der Waals surface area contributed by atoms with E-state index in [-0.39, 0.29) is 39.9 Å². The summed E-state index contributed by atoms with van der Waals surface area (Å²) in [4.78, 5) is 12.4. The van der Waals surface area contributed by atoms with E-state index in [1.165, 1.54) is 16.4 Å². The Kier molecular flexibility index (Phi) is 6.48. The van der Waals surface area contributed by atoms with E-state index in [1.807, 2.05) is 24.3 Å². The lowest BCUT2D eigenvalue weighted by Gasteiger charge is -2.31. The molecule has 1 heterocycles. The minimum Gasteiger partial charge on any atom is -0.326 e. The van der Waals surface area contributed by atoms with Gasteiger partial charge in [0.1, 0.15) is 4.90 Å². The molecule has 0 atom stereocenters. The van der Waals surface area contributed by atoms with Crippen LogP contribution < -0.4 is 5.32 Å². The Labute approximate surface area is 176 Å². The molecule has 144 valence electrons. The number of rotatable bonds is 4. The lowest BCUT2D eigenvalue weighted by Crippen LogP contribution is -2.41. The average molecular weight is 492 g/mol. The highest BCUT2D eigenvalue weighted by atomic mass is 79.9. The van der Waals surface area contributed by atoms with Crippen molar-refractivity contribution in [1.29, 1.82) is 0 Å². The summed E-state index contributed by atoms with van der Waals surface area (Å²) in [5.74, 6) is -0.363. The van der Waals surface area contributed by atoms with E-state index in [2.05, 4.69) is 21.2 Å². The molecule has 1 amide bonds. The Bertz CT molecular complexity index is 941. The van der Waals surface area contributed by atoms with Gasteiger partial charge in [-0.1, -0.05) is 51.3 Å². The van der Waals surface area contributed by atoms with Crippen LogP contribution in [0.25, 0.3) is 0 Å². The molecule has 1 N–H and O–H groups in total. The smallest absolute Gasteiger partial charge is 0.246 e. The Balaban J connectivity index is 1.67. The highest BCUT2D eigenvalue weighted by Gasteiger charge is 2.34. The molecule has 0 aromatic heterocycles. The van der Waals surface area contributed by atoms with Crippen LogP contribution in [0.2, 0.25) is 10.0 Å². The normalized spacial score (nSPS) is 16.3. The van der Waals surface area contributed by atoms with Crippen molar-refractivity contribution in [3.05, 3.63) is 57.0 Å². The molecule has 27 heavy (non-hydrogen) atoms. The first-order chi connectivity index (χ1) is 12.8. The fraction of sp³-hybridized carbons (Fsp3) is 0.278. The molecule has 0 bridgehead atoms. The van der Waals surface area contributed by atoms with Crippen molar-refractivity contribution >= 4 is 60.7 Å². The predicted molar refractivity (Wildman–Crippen MR) is 111 cm³/mol. The second-order valence-electron chi connectivity index (χ2n) is 6.23. The molecule has 1 fully saturated rings. The van der Waals surface area contributed by atoms with E-state index >= 15 is 0 Å². The zero-order chi connectivity index (χ0) is 19.6. The molecular formula is C18H17BrCl2N2O3S. The summed E-state index contributed by atoms with van der Waals surface area (Å²) in [6.45, 7) is 0.473. The zero-order valence-corrected chi connectivity index (χ0v) is 18.1. The summed E-state index contributed by atoms with van der Waals surface area (Å²) in [6.07, 6.45) is 0.863. The van der Waals surface area contributed by atoms with Crippen LogP contribution in [0.5, 0.6) is 0 Å². The number of nitrogens with zero attached hydrogens (tertiary/aromatic N) is 1. The van der Waals surface area contributed by atoms with Crippen LogP contribution in [-0.2, 0) is 14.8 Å². The molecule has 5 nitrogen and oxygen atoms in total. The number of carbonyl (C=O) groups is 1. The second kappa shape index (κ2) is 8.49. The lowest BCUT2D eigenvalue weighted by atomic mass is 9.97. The molecule has 9 heteroatoms. The Morgan fingerprint density at radius 1 is 1.07 bits per heavy atom. The number of piperidine rings is 1. The van der Waals surface area contributed by atoms with Crippen molar-refractivity contribution in [3.63, 3.8) is 0 Å². The molecule has 2 aromatic rings. The van der Waals surface area contributed by atoms with E-state index in [4.69, 9.17) is 23.2 Å². The Morgan fingerprint density at radius 3 is 2.26 bits per heavy atom. The number of halogens is 3. The van der Waals surface area contributed by atoms with Crippen LogP contribution in [-0.4, -0.2) is 31.7 Å². The molecule has 1 aliphatic heterocycles. The van der Waals surface area contributed by atoms with Crippen molar-refractivity contribution in [2.75, 3.05) is 18.4 Å². The molecule has 2 aromatic carbocycles. The minimum absolute atomic E-state index is 0.0784. The van der Waals surface area contributed by atoms with Gasteiger partial charge in [-0.3, -0.25) is 4.79 Å². The van der Waals surface area contributed by atoms with Crippen molar-refractivity contribution in [2.45, 2.75) is 17.7 Å². The molecule has 0 aliphatic carbocycles. The first-order valence-electron chi connectivity index (χ1n) is 8.29.